The van der Waals surface area contributed by atoms with E-state index in [-0.39, 0.29) is 17.7 Å². The molecule has 2 amide bonds. The first-order valence-corrected chi connectivity index (χ1v) is 8.93. The van der Waals surface area contributed by atoms with E-state index >= 15 is 0 Å². The molecule has 0 spiro atoms. The summed E-state index contributed by atoms with van der Waals surface area (Å²) in [7, 11) is 3.18. The Bertz CT molecular complexity index is 625. The highest BCUT2D eigenvalue weighted by atomic mass is 16.5. The number of carbonyl (C=O) groups is 2. The Morgan fingerprint density at radius 3 is 2.31 bits per heavy atom. The number of nitrogens with zero attached hydrogens (tertiary/aromatic N) is 2. The summed E-state index contributed by atoms with van der Waals surface area (Å²) >= 11 is 0. The quantitative estimate of drug-likeness (QED) is 0.786. The van der Waals surface area contributed by atoms with Crippen molar-refractivity contribution in [3.63, 3.8) is 0 Å². The molecule has 7 heteroatoms. The van der Waals surface area contributed by atoms with Gasteiger partial charge in [-0.2, -0.15) is 0 Å². The lowest BCUT2D eigenvalue weighted by molar-refractivity contribution is -0.136. The van der Waals surface area contributed by atoms with Crippen molar-refractivity contribution in [3.05, 3.63) is 23.8 Å². The van der Waals surface area contributed by atoms with Crippen LogP contribution in [0.5, 0.6) is 11.5 Å². The lowest BCUT2D eigenvalue weighted by Gasteiger charge is -2.35. The Kier molecular flexibility index (Phi) is 7.26. The molecule has 0 unspecified atom stereocenters. The minimum atomic E-state index is -0.0246. The third-order valence-electron chi connectivity index (χ3n) is 4.48. The van der Waals surface area contributed by atoms with Gasteiger partial charge >= 0.3 is 0 Å². The van der Waals surface area contributed by atoms with Crippen LogP contribution in [-0.2, 0) is 16.1 Å². The SMILES string of the molecule is COc1ccc(CNC(=O)CN2CCN(C(=O)C(C)C)CC2)cc1OC. The van der Waals surface area contributed by atoms with Crippen LogP contribution in [0.2, 0.25) is 0 Å². The van der Waals surface area contributed by atoms with Gasteiger partial charge in [-0.15, -0.1) is 0 Å². The molecule has 1 aliphatic rings. The van der Waals surface area contributed by atoms with Crippen LogP contribution in [0.3, 0.4) is 0 Å². The van der Waals surface area contributed by atoms with E-state index in [0.717, 1.165) is 18.7 Å². The number of amides is 2. The van der Waals surface area contributed by atoms with Crippen molar-refractivity contribution >= 4 is 11.8 Å². The zero-order valence-electron chi connectivity index (χ0n) is 16.1. The fraction of sp³-hybridized carbons (Fsp3) is 0.579. The number of rotatable bonds is 7. The Morgan fingerprint density at radius 1 is 1.08 bits per heavy atom. The van der Waals surface area contributed by atoms with Crippen LogP contribution >= 0.6 is 0 Å². The van der Waals surface area contributed by atoms with Crippen LogP contribution in [0.25, 0.3) is 0 Å². The first kappa shape index (κ1) is 20.0. The van der Waals surface area contributed by atoms with E-state index in [1.807, 2.05) is 36.9 Å². The molecule has 0 saturated carbocycles. The van der Waals surface area contributed by atoms with Crippen LogP contribution in [0.15, 0.2) is 18.2 Å². The summed E-state index contributed by atoms with van der Waals surface area (Å²) in [5, 5.41) is 2.93. The van der Waals surface area contributed by atoms with Gasteiger partial charge in [-0.1, -0.05) is 19.9 Å². The molecule has 1 saturated heterocycles. The molecule has 0 radical (unpaired) electrons. The Morgan fingerprint density at radius 2 is 1.73 bits per heavy atom. The number of nitrogens with one attached hydrogen (secondary N) is 1. The summed E-state index contributed by atoms with van der Waals surface area (Å²) < 4.78 is 10.5. The molecule has 0 aromatic heterocycles. The number of carbonyl (C=O) groups excluding carboxylic acids is 2. The highest BCUT2D eigenvalue weighted by Crippen LogP contribution is 2.27. The average Bonchev–Trinajstić information content (AvgIpc) is 2.66. The van der Waals surface area contributed by atoms with Crippen molar-refractivity contribution in [2.24, 2.45) is 5.92 Å². The maximum Gasteiger partial charge on any atom is 0.234 e. The minimum absolute atomic E-state index is 0.0198. The van der Waals surface area contributed by atoms with E-state index in [1.165, 1.54) is 0 Å². The molecule has 26 heavy (non-hydrogen) atoms. The third-order valence-corrected chi connectivity index (χ3v) is 4.48. The maximum absolute atomic E-state index is 12.2. The molecule has 2 rings (SSSR count). The number of hydrogen-bond acceptors (Lipinski definition) is 5. The van der Waals surface area contributed by atoms with Gasteiger partial charge in [0.2, 0.25) is 11.8 Å². The van der Waals surface area contributed by atoms with Gasteiger partial charge in [0, 0.05) is 38.6 Å². The standard InChI is InChI=1S/C19H29N3O4/c1-14(2)19(24)22-9-7-21(8-10-22)13-18(23)20-12-15-5-6-16(25-3)17(11-15)26-4/h5-6,11,14H,7-10,12-13H2,1-4H3,(H,20,23). The first-order chi connectivity index (χ1) is 12.4. The van der Waals surface area contributed by atoms with Crippen molar-refractivity contribution in [2.75, 3.05) is 46.9 Å². The third kappa shape index (κ3) is 5.36. The summed E-state index contributed by atoms with van der Waals surface area (Å²) in [6.45, 7) is 7.42. The van der Waals surface area contributed by atoms with Crippen molar-refractivity contribution < 1.29 is 19.1 Å². The summed E-state index contributed by atoms with van der Waals surface area (Å²) in [6, 6.07) is 5.58. The zero-order chi connectivity index (χ0) is 19.1. The van der Waals surface area contributed by atoms with E-state index in [1.54, 1.807) is 14.2 Å². The average molecular weight is 363 g/mol. The van der Waals surface area contributed by atoms with Gasteiger partial charge in [0.25, 0.3) is 0 Å². The molecule has 1 heterocycles. The highest BCUT2D eigenvalue weighted by molar-refractivity contribution is 5.79. The lowest BCUT2D eigenvalue weighted by atomic mass is 10.1. The Hall–Kier alpha value is -2.28. The molecule has 144 valence electrons. The van der Waals surface area contributed by atoms with E-state index in [9.17, 15) is 9.59 Å². The van der Waals surface area contributed by atoms with Crippen LogP contribution < -0.4 is 14.8 Å². The molecule has 7 nitrogen and oxygen atoms in total. The monoisotopic (exact) mass is 363 g/mol. The van der Waals surface area contributed by atoms with E-state index in [0.29, 0.717) is 37.7 Å². The van der Waals surface area contributed by atoms with Crippen LogP contribution in [-0.4, -0.2) is 68.6 Å². The second kappa shape index (κ2) is 9.43. The number of methoxy groups -OCH3 is 2. The first-order valence-electron chi connectivity index (χ1n) is 8.93. The lowest BCUT2D eigenvalue weighted by Crippen LogP contribution is -2.51. The number of benzene rings is 1. The van der Waals surface area contributed by atoms with Gasteiger partial charge in [-0.05, 0) is 17.7 Å². The zero-order valence-corrected chi connectivity index (χ0v) is 16.1. The molecule has 1 aromatic carbocycles. The van der Waals surface area contributed by atoms with Crippen LogP contribution in [0.4, 0.5) is 0 Å². The topological polar surface area (TPSA) is 71.1 Å². The van der Waals surface area contributed by atoms with Gasteiger partial charge in [0.15, 0.2) is 11.5 Å². The fourth-order valence-electron chi connectivity index (χ4n) is 2.94. The van der Waals surface area contributed by atoms with Gasteiger partial charge in [-0.3, -0.25) is 14.5 Å². The highest BCUT2D eigenvalue weighted by Gasteiger charge is 2.23. The molecule has 0 aliphatic carbocycles. The van der Waals surface area contributed by atoms with Crippen molar-refractivity contribution in [1.29, 1.82) is 0 Å². The second-order valence-electron chi connectivity index (χ2n) is 6.72. The summed E-state index contributed by atoms with van der Waals surface area (Å²) in [5.41, 5.74) is 0.948. The normalized spacial score (nSPS) is 15.0. The smallest absolute Gasteiger partial charge is 0.234 e. The van der Waals surface area contributed by atoms with E-state index < -0.39 is 0 Å². The van der Waals surface area contributed by atoms with Gasteiger partial charge in [0.05, 0.1) is 20.8 Å². The van der Waals surface area contributed by atoms with Crippen LogP contribution in [0.1, 0.15) is 19.4 Å². The van der Waals surface area contributed by atoms with Gasteiger partial charge in [-0.25, -0.2) is 0 Å². The number of ether oxygens (including phenoxy) is 2. The summed E-state index contributed by atoms with van der Waals surface area (Å²) in [4.78, 5) is 28.1. The molecule has 0 bridgehead atoms. The fourth-order valence-corrected chi connectivity index (χ4v) is 2.94. The molecule has 1 N–H and O–H groups in total. The minimum Gasteiger partial charge on any atom is -0.493 e. The predicted octanol–water partition coefficient (Wildman–Crippen LogP) is 1.12. The van der Waals surface area contributed by atoms with Crippen molar-refractivity contribution in [1.82, 2.24) is 15.1 Å². The maximum atomic E-state index is 12.2. The van der Waals surface area contributed by atoms with E-state index in [2.05, 4.69) is 10.2 Å². The van der Waals surface area contributed by atoms with E-state index in [4.69, 9.17) is 9.47 Å². The van der Waals surface area contributed by atoms with Crippen LogP contribution in [0, 0.1) is 5.92 Å². The van der Waals surface area contributed by atoms with Gasteiger partial charge in [0.1, 0.15) is 0 Å². The molecular weight excluding hydrogens is 334 g/mol. The second-order valence-corrected chi connectivity index (χ2v) is 6.72. The number of hydrogen-bond donors (Lipinski definition) is 1. The number of piperazine rings is 1. The van der Waals surface area contributed by atoms with Gasteiger partial charge < -0.3 is 19.7 Å². The Balaban J connectivity index is 1.77. The molecule has 1 fully saturated rings. The Labute approximate surface area is 155 Å². The summed E-state index contributed by atoms with van der Waals surface area (Å²) in [6.07, 6.45) is 0. The summed E-state index contributed by atoms with van der Waals surface area (Å²) in [5.74, 6) is 1.49. The molecular formula is C19H29N3O4. The molecule has 1 aromatic rings. The van der Waals surface area contributed by atoms with Crippen molar-refractivity contribution in [2.45, 2.75) is 20.4 Å². The molecule has 0 atom stereocenters. The largest absolute Gasteiger partial charge is 0.493 e. The molecule has 1 aliphatic heterocycles. The predicted molar refractivity (Wildman–Crippen MR) is 99.3 cm³/mol. The van der Waals surface area contributed by atoms with Crippen molar-refractivity contribution in [3.8, 4) is 11.5 Å².